The van der Waals surface area contributed by atoms with Gasteiger partial charge in [0.25, 0.3) is 5.69 Å². The Balaban J connectivity index is 1.52. The second-order valence-electron chi connectivity index (χ2n) is 11.6. The smallest absolute Gasteiger partial charge is 0.361 e. The van der Waals surface area contributed by atoms with Crippen LogP contribution >= 0.6 is 0 Å². The summed E-state index contributed by atoms with van der Waals surface area (Å²) in [5.74, 6) is -0.702. The van der Waals surface area contributed by atoms with Gasteiger partial charge in [-0.25, -0.2) is 8.42 Å². The molecule has 1 fully saturated rings. The van der Waals surface area contributed by atoms with Crippen LogP contribution in [0, 0.1) is 10.1 Å². The van der Waals surface area contributed by atoms with E-state index in [9.17, 15) is 36.5 Å². The molecule has 5 rings (SSSR count). The van der Waals surface area contributed by atoms with Gasteiger partial charge in [0.15, 0.2) is 4.90 Å². The zero-order chi connectivity index (χ0) is 32.5. The summed E-state index contributed by atoms with van der Waals surface area (Å²) in [4.78, 5) is 31.3. The molecule has 238 valence electrons. The van der Waals surface area contributed by atoms with E-state index in [1.165, 1.54) is 6.92 Å². The number of nitro groups is 1. The zero-order valence-electron chi connectivity index (χ0n) is 24.4. The van der Waals surface area contributed by atoms with E-state index >= 15 is 0 Å². The summed E-state index contributed by atoms with van der Waals surface area (Å²) in [5.41, 5.74) is -2.90. The second kappa shape index (κ2) is 12.2. The molecule has 10 nitrogen and oxygen atoms in total. The highest BCUT2D eigenvalue weighted by molar-refractivity contribution is 7.89. The number of aromatic nitrogens is 2. The molecule has 1 aliphatic rings. The molecule has 1 aliphatic carbocycles. The number of nitro benzene ring substituents is 1. The molecule has 1 amide bonds. The number of para-hydroxylation sites is 1. The van der Waals surface area contributed by atoms with Crippen LogP contribution < -0.4 is 10.0 Å². The van der Waals surface area contributed by atoms with E-state index in [-0.39, 0.29) is 19.0 Å². The number of carbonyl (C=O) groups is 1. The van der Waals surface area contributed by atoms with Gasteiger partial charge in [0.05, 0.1) is 10.5 Å². The highest BCUT2D eigenvalue weighted by Crippen LogP contribution is 2.39. The van der Waals surface area contributed by atoms with Crippen molar-refractivity contribution in [2.24, 2.45) is 0 Å². The number of hydrogen-bond acceptors (Lipinski definition) is 6. The van der Waals surface area contributed by atoms with E-state index < -0.39 is 54.1 Å². The van der Waals surface area contributed by atoms with Gasteiger partial charge in [-0.1, -0.05) is 43.5 Å². The first kappa shape index (κ1) is 32.1. The van der Waals surface area contributed by atoms with Crippen LogP contribution in [0.2, 0.25) is 0 Å². The van der Waals surface area contributed by atoms with Gasteiger partial charge >= 0.3 is 6.18 Å². The molecule has 2 aromatic heterocycles. The third-order valence-corrected chi connectivity index (χ3v) is 10.1. The standard InChI is InChI=1S/C31H32F3N5O5S/c1-29(18-21-19-36-24-10-4-3-9-23(21)24,28(40)37-20-30(14-6-2-7-15-30)27-11-5-8-16-35-27)38-45(43,44)26-13-12-22(31(32,33)34)17-25(26)39(41)42/h3-5,8-13,16-17,19,36,38H,2,6-7,14-15,18,20H2,1H3,(H,37,40)/t29-/m0/s1. The van der Waals surface area contributed by atoms with Crippen molar-refractivity contribution < 1.29 is 31.3 Å². The van der Waals surface area contributed by atoms with Crippen LogP contribution in [-0.4, -0.2) is 41.3 Å². The number of benzene rings is 2. The summed E-state index contributed by atoms with van der Waals surface area (Å²) >= 11 is 0. The molecule has 0 bridgehead atoms. The van der Waals surface area contributed by atoms with Gasteiger partial charge < -0.3 is 10.3 Å². The van der Waals surface area contributed by atoms with Gasteiger partial charge in [-0.2, -0.15) is 17.9 Å². The normalized spacial score (nSPS) is 16.6. The van der Waals surface area contributed by atoms with Crippen molar-refractivity contribution in [2.75, 3.05) is 6.54 Å². The molecule has 2 heterocycles. The largest absolute Gasteiger partial charge is 0.416 e. The number of carbonyl (C=O) groups excluding carboxylic acids is 1. The predicted octanol–water partition coefficient (Wildman–Crippen LogP) is 5.79. The highest BCUT2D eigenvalue weighted by Gasteiger charge is 2.43. The van der Waals surface area contributed by atoms with E-state index in [0.29, 0.717) is 17.7 Å². The van der Waals surface area contributed by atoms with Gasteiger partial charge in [-0.3, -0.25) is 19.9 Å². The quantitative estimate of drug-likeness (QED) is 0.147. The van der Waals surface area contributed by atoms with Crippen molar-refractivity contribution in [1.82, 2.24) is 20.0 Å². The molecule has 1 atom stereocenters. The topological polar surface area (TPSA) is 147 Å². The van der Waals surface area contributed by atoms with Crippen molar-refractivity contribution in [3.63, 3.8) is 0 Å². The van der Waals surface area contributed by atoms with Crippen LogP contribution in [0.15, 0.2) is 78.0 Å². The lowest BCUT2D eigenvalue weighted by molar-refractivity contribution is -0.388. The number of rotatable bonds is 10. The molecule has 0 saturated heterocycles. The van der Waals surface area contributed by atoms with Gasteiger partial charge in [0, 0.05) is 53.4 Å². The number of alkyl halides is 3. The molecule has 14 heteroatoms. The third kappa shape index (κ3) is 6.71. The molecule has 3 N–H and O–H groups in total. The van der Waals surface area contributed by atoms with Gasteiger partial charge in [0.1, 0.15) is 5.54 Å². The molecule has 1 saturated carbocycles. The predicted molar refractivity (Wildman–Crippen MR) is 161 cm³/mol. The molecule has 0 unspecified atom stereocenters. The molecular formula is C31H32F3N5O5S. The van der Waals surface area contributed by atoms with Gasteiger partial charge in [-0.05, 0) is 55.7 Å². The van der Waals surface area contributed by atoms with E-state index in [2.05, 4.69) is 20.0 Å². The Morgan fingerprint density at radius 2 is 1.78 bits per heavy atom. The minimum atomic E-state index is -4.94. The fourth-order valence-electron chi connectivity index (χ4n) is 6.11. The first-order chi connectivity index (χ1) is 21.2. The monoisotopic (exact) mass is 643 g/mol. The molecule has 0 aliphatic heterocycles. The van der Waals surface area contributed by atoms with E-state index in [0.717, 1.165) is 48.7 Å². The number of sulfonamides is 1. The zero-order valence-corrected chi connectivity index (χ0v) is 25.2. The minimum absolute atomic E-state index is 0.161. The van der Waals surface area contributed by atoms with E-state index in [1.54, 1.807) is 30.6 Å². The number of pyridine rings is 1. The van der Waals surface area contributed by atoms with Crippen LogP contribution in [0.5, 0.6) is 0 Å². The highest BCUT2D eigenvalue weighted by atomic mass is 32.2. The fraction of sp³-hybridized carbons (Fsp3) is 0.355. The van der Waals surface area contributed by atoms with Crippen LogP contribution in [0.4, 0.5) is 18.9 Å². The number of nitrogens with one attached hydrogen (secondary N) is 3. The summed E-state index contributed by atoms with van der Waals surface area (Å²) in [6.07, 6.45) is 2.60. The van der Waals surface area contributed by atoms with Crippen molar-refractivity contribution in [3.8, 4) is 0 Å². The molecule has 2 aromatic carbocycles. The van der Waals surface area contributed by atoms with Crippen molar-refractivity contribution >= 4 is 32.5 Å². The Bertz CT molecular complexity index is 1820. The lowest BCUT2D eigenvalue weighted by Gasteiger charge is -2.38. The maximum Gasteiger partial charge on any atom is 0.416 e. The number of fused-ring (bicyclic) bond motifs is 1. The molecular weight excluding hydrogens is 611 g/mol. The maximum atomic E-state index is 14.1. The van der Waals surface area contributed by atoms with E-state index in [1.807, 2.05) is 24.3 Å². The van der Waals surface area contributed by atoms with Crippen LogP contribution in [0.1, 0.15) is 55.8 Å². The SMILES string of the molecule is C[C@@](Cc1c[nH]c2ccccc12)(NS(=O)(=O)c1ccc(C(F)(F)F)cc1[N+](=O)[O-])C(=O)NCC1(c2ccccn2)CCCCC1. The number of amides is 1. The lowest BCUT2D eigenvalue weighted by Crippen LogP contribution is -2.59. The summed E-state index contributed by atoms with van der Waals surface area (Å²) in [5, 5.41) is 15.4. The Morgan fingerprint density at radius 3 is 2.44 bits per heavy atom. The summed E-state index contributed by atoms with van der Waals surface area (Å²) in [7, 11) is -4.91. The Morgan fingerprint density at radius 1 is 1.07 bits per heavy atom. The maximum absolute atomic E-state index is 14.1. The summed E-state index contributed by atoms with van der Waals surface area (Å²) < 4.78 is 69.7. The third-order valence-electron chi connectivity index (χ3n) is 8.46. The first-order valence-corrected chi connectivity index (χ1v) is 15.9. The lowest BCUT2D eigenvalue weighted by atomic mass is 9.71. The number of H-pyrrole nitrogens is 1. The molecule has 0 radical (unpaired) electrons. The van der Waals surface area contributed by atoms with Gasteiger partial charge in [0.2, 0.25) is 15.9 Å². The van der Waals surface area contributed by atoms with Crippen molar-refractivity contribution in [1.29, 1.82) is 0 Å². The van der Waals surface area contributed by atoms with E-state index in [4.69, 9.17) is 0 Å². The minimum Gasteiger partial charge on any atom is -0.361 e. The van der Waals surface area contributed by atoms with Crippen molar-refractivity contribution in [3.05, 3.63) is 100.0 Å². The molecule has 45 heavy (non-hydrogen) atoms. The van der Waals surface area contributed by atoms with Crippen LogP contribution in [0.3, 0.4) is 0 Å². The Hall–Kier alpha value is -4.30. The average Bonchev–Trinajstić information content (AvgIpc) is 3.42. The Labute approximate surface area is 257 Å². The van der Waals surface area contributed by atoms with Gasteiger partial charge in [-0.15, -0.1) is 0 Å². The second-order valence-corrected chi connectivity index (χ2v) is 13.3. The first-order valence-electron chi connectivity index (χ1n) is 14.4. The number of hydrogen-bond donors (Lipinski definition) is 3. The molecule has 4 aromatic rings. The summed E-state index contributed by atoms with van der Waals surface area (Å²) in [6, 6.07) is 13.9. The average molecular weight is 644 g/mol. The number of nitrogens with zero attached hydrogens (tertiary/aromatic N) is 2. The van der Waals surface area contributed by atoms with Crippen molar-refractivity contribution in [2.45, 2.75) is 67.5 Å². The molecule has 0 spiro atoms. The van der Waals surface area contributed by atoms with Crippen LogP contribution in [0.25, 0.3) is 10.9 Å². The fourth-order valence-corrected chi connectivity index (χ4v) is 7.63. The number of halogens is 3. The number of aromatic amines is 1. The Kier molecular flexibility index (Phi) is 8.73. The summed E-state index contributed by atoms with van der Waals surface area (Å²) in [6.45, 7) is 1.51. The van der Waals surface area contributed by atoms with Crippen LogP contribution in [-0.2, 0) is 32.8 Å².